The summed E-state index contributed by atoms with van der Waals surface area (Å²) in [7, 11) is -4.31. The summed E-state index contributed by atoms with van der Waals surface area (Å²) in [6.07, 6.45) is 0.692. The van der Waals surface area contributed by atoms with Crippen LogP contribution in [0, 0.1) is 11.6 Å². The summed E-state index contributed by atoms with van der Waals surface area (Å²) in [6, 6.07) is 13.0. The molecule has 2 amide bonds. The number of sulfonamides is 1. The van der Waals surface area contributed by atoms with Gasteiger partial charge in [0, 0.05) is 49.4 Å². The summed E-state index contributed by atoms with van der Waals surface area (Å²) >= 11 is 0. The van der Waals surface area contributed by atoms with Crippen LogP contribution in [0.2, 0.25) is 0 Å². The first-order valence-corrected chi connectivity index (χ1v) is 16.5. The first kappa shape index (κ1) is 35.8. The van der Waals surface area contributed by atoms with Crippen LogP contribution in [-0.2, 0) is 29.4 Å². The molecule has 3 aromatic rings. The number of amides is 2. The number of benzene rings is 3. The van der Waals surface area contributed by atoms with E-state index < -0.39 is 50.5 Å². The molecule has 3 rings (SSSR count). The number of aliphatic hydroxyl groups is 1. The van der Waals surface area contributed by atoms with Gasteiger partial charge in [-0.15, -0.1) is 0 Å². The van der Waals surface area contributed by atoms with Crippen molar-refractivity contribution in [2.45, 2.75) is 70.0 Å². The maximum absolute atomic E-state index is 14.1. The smallest absolute Gasteiger partial charge is 0.254 e. The largest absolute Gasteiger partial charge is 0.390 e. The van der Waals surface area contributed by atoms with Gasteiger partial charge < -0.3 is 20.6 Å². The van der Waals surface area contributed by atoms with Gasteiger partial charge in [0.05, 0.1) is 11.0 Å². The number of nitrogens with zero attached hydrogens (tertiary/aromatic N) is 2. The van der Waals surface area contributed by atoms with Crippen LogP contribution < -0.4 is 10.9 Å². The third-order valence-corrected chi connectivity index (χ3v) is 8.25. The third kappa shape index (κ3) is 10.1. The summed E-state index contributed by atoms with van der Waals surface area (Å²) in [5, 5.41) is 16.5. The Kier molecular flexibility index (Phi) is 12.7. The molecule has 0 saturated heterocycles. The highest BCUT2D eigenvalue weighted by Crippen LogP contribution is 2.21. The van der Waals surface area contributed by atoms with E-state index in [1.165, 1.54) is 11.0 Å². The zero-order valence-corrected chi connectivity index (χ0v) is 26.7. The van der Waals surface area contributed by atoms with Crippen LogP contribution in [0.15, 0.2) is 65.6 Å². The van der Waals surface area contributed by atoms with E-state index in [9.17, 15) is 31.9 Å². The number of hydrogen-bond acceptors (Lipinski definition) is 6. The fraction of sp³-hybridized carbons (Fsp3) is 0.394. The molecular weight excluding hydrogens is 602 g/mol. The monoisotopic (exact) mass is 644 g/mol. The molecule has 0 aromatic heterocycles. The van der Waals surface area contributed by atoms with Crippen molar-refractivity contribution >= 4 is 21.8 Å². The summed E-state index contributed by atoms with van der Waals surface area (Å²) in [5.74, 6) is -2.67. The maximum atomic E-state index is 14.1. The lowest BCUT2D eigenvalue weighted by molar-refractivity contribution is 0.0554. The van der Waals surface area contributed by atoms with Crippen LogP contribution in [0.3, 0.4) is 0 Å². The Labute approximate surface area is 263 Å². The molecule has 0 radical (unpaired) electrons. The molecule has 244 valence electrons. The molecule has 0 unspecified atom stereocenters. The lowest BCUT2D eigenvalue weighted by Crippen LogP contribution is -2.46. The van der Waals surface area contributed by atoms with Gasteiger partial charge in [0.15, 0.2) is 0 Å². The lowest BCUT2D eigenvalue weighted by atomic mass is 10.0. The van der Waals surface area contributed by atoms with Crippen molar-refractivity contribution in [1.29, 1.82) is 0 Å². The molecule has 0 aliphatic carbocycles. The number of hydrogen-bond donors (Lipinski definition) is 3. The SMILES string of the molecule is CCCN(CCC)C(=O)c1cc(C(=O)N(Cc2cccc(CC)c2)C[C@@H](O)[C@@H](N)Cc2cc(F)cc(F)c2)cc(S(N)(=O)=O)c1. The number of rotatable bonds is 15. The number of nitrogens with two attached hydrogens (primary N) is 2. The van der Waals surface area contributed by atoms with Crippen molar-refractivity contribution in [2.24, 2.45) is 10.9 Å². The Morgan fingerprint density at radius 2 is 1.38 bits per heavy atom. The number of primary sulfonamides is 1. The molecular formula is C33H42F2N4O5S. The highest BCUT2D eigenvalue weighted by molar-refractivity contribution is 7.89. The average molecular weight is 645 g/mol. The van der Waals surface area contributed by atoms with Crippen molar-refractivity contribution in [2.75, 3.05) is 19.6 Å². The second-order valence-corrected chi connectivity index (χ2v) is 12.7. The molecule has 0 fully saturated rings. The van der Waals surface area contributed by atoms with E-state index in [4.69, 9.17) is 10.9 Å². The summed E-state index contributed by atoms with van der Waals surface area (Å²) < 4.78 is 52.4. The van der Waals surface area contributed by atoms with Crippen molar-refractivity contribution < 1.29 is 31.9 Å². The van der Waals surface area contributed by atoms with Gasteiger partial charge >= 0.3 is 0 Å². The summed E-state index contributed by atoms with van der Waals surface area (Å²) in [5.41, 5.74) is 8.10. The minimum absolute atomic E-state index is 0.00918. The third-order valence-electron chi connectivity index (χ3n) is 7.36. The van der Waals surface area contributed by atoms with Gasteiger partial charge in [0.25, 0.3) is 11.8 Å². The molecule has 0 heterocycles. The normalized spacial score (nSPS) is 12.9. The van der Waals surface area contributed by atoms with Gasteiger partial charge in [-0.3, -0.25) is 9.59 Å². The summed E-state index contributed by atoms with van der Waals surface area (Å²) in [4.78, 5) is 30.0. The molecule has 12 heteroatoms. The molecule has 0 saturated carbocycles. The van der Waals surface area contributed by atoms with Crippen molar-refractivity contribution in [3.05, 3.63) is 100 Å². The van der Waals surface area contributed by atoms with E-state index in [1.807, 2.05) is 45.0 Å². The van der Waals surface area contributed by atoms with Crippen LogP contribution in [0.1, 0.15) is 71.0 Å². The molecule has 0 spiro atoms. The summed E-state index contributed by atoms with van der Waals surface area (Å²) in [6.45, 7) is 6.41. The van der Waals surface area contributed by atoms with Crippen LogP contribution in [0.25, 0.3) is 0 Å². The molecule has 0 bridgehead atoms. The molecule has 0 aliphatic heterocycles. The van der Waals surface area contributed by atoms with Gasteiger partial charge in [-0.2, -0.15) is 0 Å². The minimum atomic E-state index is -4.31. The van der Waals surface area contributed by atoms with Crippen LogP contribution in [0.5, 0.6) is 0 Å². The first-order valence-electron chi connectivity index (χ1n) is 15.0. The number of carbonyl (C=O) groups is 2. The Hall–Kier alpha value is -3.71. The van der Waals surface area contributed by atoms with Gasteiger partial charge in [-0.1, -0.05) is 45.0 Å². The van der Waals surface area contributed by atoms with E-state index in [-0.39, 0.29) is 36.2 Å². The van der Waals surface area contributed by atoms with Gasteiger partial charge in [-0.05, 0) is 72.7 Å². The Morgan fingerprint density at radius 3 is 1.91 bits per heavy atom. The number of halogens is 2. The second kappa shape index (κ2) is 16.0. The quantitative estimate of drug-likeness (QED) is 0.228. The van der Waals surface area contributed by atoms with Crippen LogP contribution in [-0.4, -0.2) is 66.9 Å². The van der Waals surface area contributed by atoms with Crippen molar-refractivity contribution in [3.63, 3.8) is 0 Å². The van der Waals surface area contributed by atoms with E-state index in [2.05, 4.69) is 0 Å². The van der Waals surface area contributed by atoms with Crippen molar-refractivity contribution in [1.82, 2.24) is 9.80 Å². The zero-order chi connectivity index (χ0) is 33.3. The van der Waals surface area contributed by atoms with Gasteiger partial charge in [-0.25, -0.2) is 22.3 Å². The predicted molar refractivity (Wildman–Crippen MR) is 169 cm³/mol. The Morgan fingerprint density at radius 1 is 0.822 bits per heavy atom. The van der Waals surface area contributed by atoms with Crippen LogP contribution >= 0.6 is 0 Å². The molecule has 3 aromatic carbocycles. The van der Waals surface area contributed by atoms with Gasteiger partial charge in [0.2, 0.25) is 10.0 Å². The Bertz CT molecular complexity index is 1580. The maximum Gasteiger partial charge on any atom is 0.254 e. The van der Waals surface area contributed by atoms with E-state index in [1.54, 1.807) is 4.90 Å². The zero-order valence-electron chi connectivity index (χ0n) is 25.9. The first-order chi connectivity index (χ1) is 21.2. The highest BCUT2D eigenvalue weighted by Gasteiger charge is 2.27. The molecule has 5 N–H and O–H groups in total. The van der Waals surface area contributed by atoms with E-state index >= 15 is 0 Å². The fourth-order valence-corrected chi connectivity index (χ4v) is 5.70. The molecule has 45 heavy (non-hydrogen) atoms. The molecule has 2 atom stereocenters. The van der Waals surface area contributed by atoms with Crippen molar-refractivity contribution in [3.8, 4) is 0 Å². The number of aliphatic hydroxyl groups excluding tert-OH is 1. The standard InChI is InChI=1S/C33H42F2N4O5S/c1-4-10-38(11-5-2)32(41)25-16-26(18-29(17-25)45(37,43)44)33(42)39(20-23-9-7-8-22(6-3)12-23)21-31(40)30(36)15-24-13-27(34)19-28(35)14-24/h7-9,12-14,16-19,30-31,40H,4-6,10-11,15,20-21,36H2,1-3H3,(H2,37,43,44)/t30-,31+/m0/s1. The molecule has 9 nitrogen and oxygen atoms in total. The molecule has 0 aliphatic rings. The van der Waals surface area contributed by atoms with Crippen LogP contribution in [0.4, 0.5) is 8.78 Å². The van der Waals surface area contributed by atoms with E-state index in [0.717, 1.165) is 47.9 Å². The Balaban J connectivity index is 2.02. The lowest BCUT2D eigenvalue weighted by Gasteiger charge is -2.29. The number of carbonyl (C=O) groups excluding carboxylic acids is 2. The predicted octanol–water partition coefficient (Wildman–Crippen LogP) is 4.01. The van der Waals surface area contributed by atoms with E-state index in [0.29, 0.717) is 25.9 Å². The van der Waals surface area contributed by atoms with Gasteiger partial charge in [0.1, 0.15) is 11.6 Å². The number of aryl methyl sites for hydroxylation is 1. The average Bonchev–Trinajstić information content (AvgIpc) is 2.98. The topological polar surface area (TPSA) is 147 Å². The second-order valence-electron chi connectivity index (χ2n) is 11.2. The minimum Gasteiger partial charge on any atom is -0.390 e. The fourth-order valence-electron chi connectivity index (χ4n) is 5.12. The highest BCUT2D eigenvalue weighted by atomic mass is 32.2.